The number of hydrogen-bond acceptors (Lipinski definition) is 10. The lowest BCUT2D eigenvalue weighted by Gasteiger charge is -2.16. The monoisotopic (exact) mass is 609 g/mol. The zero-order chi connectivity index (χ0) is 27.3. The van der Waals surface area contributed by atoms with Gasteiger partial charge in [-0.2, -0.15) is 4.98 Å². The number of hydrogen-bond donors (Lipinski definition) is 4. The van der Waals surface area contributed by atoms with E-state index in [9.17, 15) is 24.4 Å². The molecule has 0 spiro atoms. The Morgan fingerprint density at radius 2 is 1.89 bits per heavy atom. The van der Waals surface area contributed by atoms with E-state index in [4.69, 9.17) is 13.8 Å². The van der Waals surface area contributed by atoms with E-state index in [2.05, 4.69) is 55.2 Å². The highest BCUT2D eigenvalue weighted by Crippen LogP contribution is 2.50. The van der Waals surface area contributed by atoms with E-state index in [1.807, 2.05) is 0 Å². The summed E-state index contributed by atoms with van der Waals surface area (Å²) in [6.07, 6.45) is -2.50. The molecule has 3 heterocycles. The Morgan fingerprint density at radius 1 is 1.31 bits per heavy atom. The first-order valence-electron chi connectivity index (χ1n) is 11.2. The first-order valence-corrected chi connectivity index (χ1v) is 18.6. The molecular formula is C20H33BrN5O8PSi. The summed E-state index contributed by atoms with van der Waals surface area (Å²) in [6.45, 7) is 10.8. The number of carbonyl (C=O) groups excluding carboxylic acids is 1. The van der Waals surface area contributed by atoms with Gasteiger partial charge in [0.1, 0.15) is 25.0 Å². The molecular weight excluding hydrogens is 577 g/mol. The van der Waals surface area contributed by atoms with E-state index in [-0.39, 0.29) is 30.3 Å². The van der Waals surface area contributed by atoms with Crippen LogP contribution in [0, 0.1) is 0 Å². The van der Waals surface area contributed by atoms with Gasteiger partial charge < -0.3 is 24.0 Å². The number of imidazole rings is 1. The maximum atomic E-state index is 12.6. The fourth-order valence-corrected chi connectivity index (χ4v) is 4.43. The minimum Gasteiger partial charge on any atom is -0.387 e. The Labute approximate surface area is 217 Å². The van der Waals surface area contributed by atoms with Crippen molar-refractivity contribution in [2.24, 2.45) is 0 Å². The maximum Gasteiger partial charge on any atom is 0.353 e. The lowest BCUT2D eigenvalue weighted by Crippen LogP contribution is -2.30. The average Bonchev–Trinajstić information content (AvgIpc) is 3.27. The third kappa shape index (κ3) is 8.41. The van der Waals surface area contributed by atoms with E-state index in [0.29, 0.717) is 0 Å². The molecule has 0 aliphatic carbocycles. The zero-order valence-corrected chi connectivity index (χ0v) is 24.4. The van der Waals surface area contributed by atoms with Gasteiger partial charge in [0.2, 0.25) is 11.9 Å². The largest absolute Gasteiger partial charge is 0.387 e. The van der Waals surface area contributed by atoms with Crippen molar-refractivity contribution in [3.8, 4) is 0 Å². The van der Waals surface area contributed by atoms with Crippen molar-refractivity contribution in [1.29, 1.82) is 0 Å². The molecule has 2 aromatic heterocycles. The van der Waals surface area contributed by atoms with Crippen LogP contribution in [0.5, 0.6) is 0 Å². The van der Waals surface area contributed by atoms with Crippen LogP contribution >= 0.6 is 22.9 Å². The molecule has 36 heavy (non-hydrogen) atoms. The summed E-state index contributed by atoms with van der Waals surface area (Å²) in [5.41, 5.74) is -0.621. The van der Waals surface area contributed by atoms with Crippen LogP contribution in [0.15, 0.2) is 23.0 Å². The fraction of sp³-hybridized carbons (Fsp3) is 0.600. The molecule has 13 nitrogen and oxygen atoms in total. The quantitative estimate of drug-likeness (QED) is 0.197. The number of amides is 1. The Hall–Kier alpha value is -1.71. The van der Waals surface area contributed by atoms with Gasteiger partial charge in [-0.25, -0.2) is 4.98 Å². The minimum absolute atomic E-state index is 0.0303. The predicted molar refractivity (Wildman–Crippen MR) is 141 cm³/mol. The highest BCUT2D eigenvalue weighted by atomic mass is 79.9. The molecule has 0 aromatic carbocycles. The molecule has 1 amide bonds. The third-order valence-electron chi connectivity index (χ3n) is 4.35. The van der Waals surface area contributed by atoms with Gasteiger partial charge in [0, 0.05) is 12.7 Å². The lowest BCUT2D eigenvalue weighted by atomic mass is 10.1. The molecule has 16 heteroatoms. The summed E-state index contributed by atoms with van der Waals surface area (Å²) in [6, 6.07) is 0. The van der Waals surface area contributed by atoms with E-state index < -0.39 is 50.3 Å². The second-order valence-corrected chi connectivity index (χ2v) is 21.8. The molecule has 1 aliphatic rings. The van der Waals surface area contributed by atoms with Crippen LogP contribution < -0.4 is 10.9 Å². The van der Waals surface area contributed by atoms with Gasteiger partial charge in [-0.05, 0) is 19.9 Å². The standard InChI is InChI=1S/C17H24N5O8P.C3H9BrSi/c1-4-28-31(27,29-5-2)7-6-10-12(24)13(25)16(30-10)22-8-18-11-14(22)20-17(19-9(3)23)21-15(11)26;1-5(2,3)4/h6-8,10,12-13,16,24-25H,4-5H2,1-3H3,(H2,19,20,21,23,26);1-3H3/b7-6+;/t10-,12-,13-,16-;/m1./s1. The molecule has 0 radical (unpaired) electrons. The number of aliphatic hydroxyl groups excluding tert-OH is 2. The minimum atomic E-state index is -3.53. The topological polar surface area (TPSA) is 178 Å². The van der Waals surface area contributed by atoms with Crippen LogP contribution in [-0.2, 0) is 23.1 Å². The smallest absolute Gasteiger partial charge is 0.353 e. The van der Waals surface area contributed by atoms with Crippen LogP contribution in [0.1, 0.15) is 27.0 Å². The molecule has 0 saturated carbocycles. The second kappa shape index (κ2) is 12.7. The van der Waals surface area contributed by atoms with Crippen molar-refractivity contribution in [2.75, 3.05) is 18.5 Å². The molecule has 0 unspecified atom stereocenters. The Balaban J connectivity index is 0.000000830. The van der Waals surface area contributed by atoms with E-state index in [1.165, 1.54) is 29.7 Å². The van der Waals surface area contributed by atoms with Gasteiger partial charge in [0.05, 0.1) is 19.5 Å². The summed E-state index contributed by atoms with van der Waals surface area (Å²) in [5, 5.41) is 23.3. The van der Waals surface area contributed by atoms with Gasteiger partial charge in [0.15, 0.2) is 17.4 Å². The maximum absolute atomic E-state index is 12.6. The highest BCUT2D eigenvalue weighted by Gasteiger charge is 2.43. The van der Waals surface area contributed by atoms with Crippen molar-refractivity contribution in [3.63, 3.8) is 0 Å². The molecule has 1 saturated heterocycles. The van der Waals surface area contributed by atoms with E-state index in [1.54, 1.807) is 13.8 Å². The summed E-state index contributed by atoms with van der Waals surface area (Å²) >= 11 is 3.51. The van der Waals surface area contributed by atoms with Crippen LogP contribution in [0.2, 0.25) is 19.6 Å². The Morgan fingerprint density at radius 3 is 2.42 bits per heavy atom. The number of rotatable bonds is 8. The van der Waals surface area contributed by atoms with Crippen LogP contribution in [-0.4, -0.2) is 73.9 Å². The van der Waals surface area contributed by atoms with Crippen molar-refractivity contribution in [2.45, 2.75) is 65.0 Å². The molecule has 4 atom stereocenters. The van der Waals surface area contributed by atoms with Crippen LogP contribution in [0.3, 0.4) is 0 Å². The number of aromatic nitrogens is 4. The molecule has 1 fully saturated rings. The van der Waals surface area contributed by atoms with Gasteiger partial charge in [0.25, 0.3) is 5.56 Å². The Bertz CT molecular complexity index is 1170. The molecule has 202 valence electrons. The molecule has 2 aromatic rings. The summed E-state index contributed by atoms with van der Waals surface area (Å²) in [7, 11) is -3.53. The summed E-state index contributed by atoms with van der Waals surface area (Å²) < 4.78 is 29.9. The molecule has 4 N–H and O–H groups in total. The van der Waals surface area contributed by atoms with Gasteiger partial charge in [-0.15, -0.1) is 15.3 Å². The van der Waals surface area contributed by atoms with Crippen molar-refractivity contribution < 1.29 is 33.4 Å². The first kappa shape index (κ1) is 30.5. The number of H-pyrrole nitrogens is 1. The average molecular weight is 610 g/mol. The fourth-order valence-electron chi connectivity index (χ4n) is 3.09. The van der Waals surface area contributed by atoms with E-state index in [0.717, 1.165) is 0 Å². The number of ether oxygens (including phenoxy) is 1. The van der Waals surface area contributed by atoms with Gasteiger partial charge >= 0.3 is 7.60 Å². The first-order chi connectivity index (χ1) is 16.7. The predicted octanol–water partition coefficient (Wildman–Crippen LogP) is 2.69. The number of anilines is 1. The number of carbonyl (C=O) groups is 1. The van der Waals surface area contributed by atoms with Gasteiger partial charge in [-0.1, -0.05) is 19.6 Å². The molecule has 1 aliphatic heterocycles. The SMILES string of the molecule is CCOP(=O)(/C=C/[C@H]1O[C@@H](n2cnc3c(=O)[nH]c(NC(C)=O)nc32)[C@H](O)[C@@H]1O)OCC.C[Si](C)(C)Br. The summed E-state index contributed by atoms with van der Waals surface area (Å²) in [4.78, 5) is 34.0. The zero-order valence-electron chi connectivity index (χ0n) is 21.0. The number of nitrogens with zero attached hydrogens (tertiary/aromatic N) is 3. The molecule has 0 bridgehead atoms. The number of nitrogens with one attached hydrogen (secondary N) is 2. The number of aliphatic hydroxyl groups is 2. The lowest BCUT2D eigenvalue weighted by molar-refractivity contribution is -0.114. The van der Waals surface area contributed by atoms with Gasteiger partial charge in [-0.3, -0.25) is 29.0 Å². The van der Waals surface area contributed by atoms with Crippen molar-refractivity contribution in [3.05, 3.63) is 28.6 Å². The second-order valence-electron chi connectivity index (χ2n) is 8.68. The number of halogens is 1. The highest BCUT2D eigenvalue weighted by molar-refractivity contribution is 9.26. The van der Waals surface area contributed by atoms with E-state index >= 15 is 0 Å². The van der Waals surface area contributed by atoms with Crippen molar-refractivity contribution in [1.82, 2.24) is 19.5 Å². The van der Waals surface area contributed by atoms with Crippen LogP contribution in [0.25, 0.3) is 11.2 Å². The van der Waals surface area contributed by atoms with Crippen LogP contribution in [0.4, 0.5) is 5.95 Å². The third-order valence-corrected chi connectivity index (χ3v) is 6.13. The number of fused-ring (bicyclic) bond motifs is 1. The van der Waals surface area contributed by atoms with Crippen molar-refractivity contribution >= 4 is 52.6 Å². The normalized spacial score (nSPS) is 22.6. The summed E-state index contributed by atoms with van der Waals surface area (Å²) in [5.74, 6) is 0.623. The molecule has 3 rings (SSSR count). The Kier molecular flexibility index (Phi) is 10.8. The number of aromatic amines is 1.